The molecule has 3 atom stereocenters. The van der Waals surface area contributed by atoms with Gasteiger partial charge in [0.15, 0.2) is 0 Å². The molecule has 3 unspecified atom stereocenters. The molecule has 0 saturated carbocycles. The van der Waals surface area contributed by atoms with Gasteiger partial charge in [-0.05, 0) is 18.9 Å². The van der Waals surface area contributed by atoms with Gasteiger partial charge in [0.05, 0.1) is 24.4 Å². The predicted molar refractivity (Wildman–Crippen MR) is 80.0 cm³/mol. The topological polar surface area (TPSA) is 116 Å². The first kappa shape index (κ1) is 15.8. The average molecular weight is 313 g/mol. The van der Waals surface area contributed by atoms with Gasteiger partial charge in [0.1, 0.15) is 5.70 Å². The Labute approximate surface area is 126 Å². The Balaban J connectivity index is 2.03. The smallest absolute Gasteiger partial charge is 0.352 e. The molecule has 2 heterocycles. The van der Waals surface area contributed by atoms with Crippen LogP contribution < -0.4 is 5.73 Å². The Morgan fingerprint density at radius 2 is 2.38 bits per heavy atom. The molecular weight excluding hydrogens is 294 g/mol. The normalized spacial score (nSPS) is 26.2. The summed E-state index contributed by atoms with van der Waals surface area (Å²) in [4.78, 5) is 28.6. The number of carboxylic acid groups (broad SMARTS) is 1. The predicted octanol–water partition coefficient (Wildman–Crippen LogP) is -0.343. The van der Waals surface area contributed by atoms with Crippen LogP contribution >= 0.6 is 11.8 Å². The second-order valence-electron chi connectivity index (χ2n) is 5.11. The van der Waals surface area contributed by atoms with Crippen LogP contribution in [-0.2, 0) is 9.59 Å². The van der Waals surface area contributed by atoms with Crippen LogP contribution in [0.4, 0.5) is 0 Å². The van der Waals surface area contributed by atoms with Gasteiger partial charge >= 0.3 is 5.97 Å². The Kier molecular flexibility index (Phi) is 4.89. The minimum atomic E-state index is -1.08. The molecule has 0 aliphatic carbocycles. The van der Waals surface area contributed by atoms with Gasteiger partial charge in [-0.3, -0.25) is 9.79 Å². The number of carboxylic acids is 1. The number of rotatable bonds is 7. The fourth-order valence-electron chi connectivity index (χ4n) is 2.88. The van der Waals surface area contributed by atoms with E-state index in [2.05, 4.69) is 4.99 Å². The highest BCUT2D eigenvalue weighted by atomic mass is 32.2. The average Bonchev–Trinajstić information content (AvgIpc) is 2.72. The first-order valence-electron chi connectivity index (χ1n) is 6.73. The molecule has 0 aromatic rings. The number of fused-ring (bicyclic) bond motifs is 1. The molecular formula is C13H19N3O4S. The van der Waals surface area contributed by atoms with Gasteiger partial charge < -0.3 is 20.8 Å². The number of carbonyl (C=O) groups excluding carboxylic acids is 1. The maximum Gasteiger partial charge on any atom is 0.352 e. The van der Waals surface area contributed by atoms with E-state index < -0.39 is 18.0 Å². The Morgan fingerprint density at radius 3 is 2.95 bits per heavy atom. The van der Waals surface area contributed by atoms with Crippen molar-refractivity contribution in [3.8, 4) is 0 Å². The van der Waals surface area contributed by atoms with Crippen LogP contribution in [0.5, 0.6) is 0 Å². The van der Waals surface area contributed by atoms with E-state index in [9.17, 15) is 19.8 Å². The minimum absolute atomic E-state index is 0.0942. The molecule has 116 valence electrons. The van der Waals surface area contributed by atoms with Crippen LogP contribution in [0.1, 0.15) is 13.3 Å². The second kappa shape index (κ2) is 6.48. The fraction of sp³-hybridized carbons (Fsp3) is 0.615. The number of amides is 1. The molecule has 1 fully saturated rings. The van der Waals surface area contributed by atoms with Crippen molar-refractivity contribution >= 4 is 30.0 Å². The largest absolute Gasteiger partial charge is 0.477 e. The van der Waals surface area contributed by atoms with E-state index in [1.165, 1.54) is 11.2 Å². The van der Waals surface area contributed by atoms with Crippen molar-refractivity contribution in [3.05, 3.63) is 11.3 Å². The van der Waals surface area contributed by atoms with E-state index in [4.69, 9.17) is 5.73 Å². The number of hydrogen-bond donors (Lipinski definition) is 3. The molecule has 21 heavy (non-hydrogen) atoms. The Morgan fingerprint density at radius 1 is 1.67 bits per heavy atom. The number of carbonyl (C=O) groups is 2. The third-order valence-electron chi connectivity index (χ3n) is 3.77. The third-order valence-corrected chi connectivity index (χ3v) is 4.79. The van der Waals surface area contributed by atoms with E-state index in [0.29, 0.717) is 18.7 Å². The summed E-state index contributed by atoms with van der Waals surface area (Å²) >= 11 is 1.56. The van der Waals surface area contributed by atoms with Gasteiger partial charge in [-0.15, -0.1) is 0 Å². The van der Waals surface area contributed by atoms with Crippen molar-refractivity contribution in [3.63, 3.8) is 0 Å². The number of aliphatic imine (C=N–C) groups is 1. The molecule has 0 bridgehead atoms. The van der Waals surface area contributed by atoms with Crippen molar-refractivity contribution < 1.29 is 19.8 Å². The zero-order valence-corrected chi connectivity index (χ0v) is 12.5. The number of aliphatic hydroxyl groups excluding tert-OH is 1. The highest BCUT2D eigenvalue weighted by Crippen LogP contribution is 2.44. The van der Waals surface area contributed by atoms with Crippen molar-refractivity contribution in [2.24, 2.45) is 16.6 Å². The molecule has 2 rings (SSSR count). The Bertz CT molecular complexity index is 504. The van der Waals surface area contributed by atoms with Crippen LogP contribution in [0.3, 0.4) is 0 Å². The molecule has 1 amide bonds. The van der Waals surface area contributed by atoms with E-state index in [1.807, 2.05) is 0 Å². The quantitative estimate of drug-likeness (QED) is 0.256. The fourth-order valence-corrected chi connectivity index (χ4v) is 3.76. The van der Waals surface area contributed by atoms with Gasteiger partial charge in [-0.25, -0.2) is 4.79 Å². The molecule has 4 N–H and O–H groups in total. The first-order chi connectivity index (χ1) is 9.99. The van der Waals surface area contributed by atoms with E-state index in [-0.39, 0.29) is 17.6 Å². The first-order valence-corrected chi connectivity index (χ1v) is 7.88. The maximum atomic E-state index is 12.0. The molecule has 1 saturated heterocycles. The number of aliphatic hydroxyl groups is 1. The number of aliphatic carboxylic acids is 1. The summed E-state index contributed by atoms with van der Waals surface area (Å²) in [5.41, 5.74) is 5.99. The number of thioether (sulfide) groups is 1. The summed E-state index contributed by atoms with van der Waals surface area (Å²) < 4.78 is 0. The summed E-state index contributed by atoms with van der Waals surface area (Å²) in [6, 6.07) is -0.207. The van der Waals surface area contributed by atoms with Crippen LogP contribution in [-0.4, -0.2) is 63.5 Å². The lowest BCUT2D eigenvalue weighted by Crippen LogP contribution is -2.61. The summed E-state index contributed by atoms with van der Waals surface area (Å²) in [5, 5.41) is 19.0. The lowest BCUT2D eigenvalue weighted by atomic mass is 9.83. The van der Waals surface area contributed by atoms with Crippen LogP contribution in [0.25, 0.3) is 0 Å². The van der Waals surface area contributed by atoms with Gasteiger partial charge in [-0.2, -0.15) is 11.8 Å². The number of hydrogen-bond acceptors (Lipinski definition) is 5. The van der Waals surface area contributed by atoms with Gasteiger partial charge in [0.2, 0.25) is 5.91 Å². The summed E-state index contributed by atoms with van der Waals surface area (Å²) in [7, 11) is 0. The molecule has 7 nitrogen and oxygen atoms in total. The van der Waals surface area contributed by atoms with E-state index >= 15 is 0 Å². The lowest BCUT2D eigenvalue weighted by Gasteiger charge is -2.44. The van der Waals surface area contributed by atoms with Crippen molar-refractivity contribution in [1.29, 1.82) is 0 Å². The summed E-state index contributed by atoms with van der Waals surface area (Å²) in [6.07, 6.45) is 1.02. The van der Waals surface area contributed by atoms with Gasteiger partial charge in [-0.1, -0.05) is 0 Å². The molecule has 2 aliphatic rings. The molecule has 0 spiro atoms. The van der Waals surface area contributed by atoms with Gasteiger partial charge in [0, 0.05) is 18.1 Å². The van der Waals surface area contributed by atoms with Crippen molar-refractivity contribution in [1.82, 2.24) is 4.90 Å². The third kappa shape index (κ3) is 2.91. The van der Waals surface area contributed by atoms with Crippen LogP contribution in [0.15, 0.2) is 16.3 Å². The number of nitrogens with two attached hydrogens (primary N) is 1. The standard InChI is InChI=1S/C13H19N3O4S/c1-7(17)10-9-4-8(5-21-3-2-15-6-14)11(13(19)20)16(9)12(10)18/h6-7,9-10,17H,2-5H2,1H3,(H2,14,15)(H,19,20). The molecule has 8 heteroatoms. The second-order valence-corrected chi connectivity index (χ2v) is 6.22. The SMILES string of the molecule is CC(O)C1C(=O)N2C(C(=O)O)=C(CSCCN=CN)CC12. The van der Waals surface area contributed by atoms with E-state index in [1.54, 1.807) is 18.7 Å². The Hall–Kier alpha value is -1.54. The molecule has 2 aliphatic heterocycles. The van der Waals surface area contributed by atoms with Crippen LogP contribution in [0, 0.1) is 5.92 Å². The minimum Gasteiger partial charge on any atom is -0.477 e. The summed E-state index contributed by atoms with van der Waals surface area (Å²) in [5.74, 6) is -0.564. The highest BCUT2D eigenvalue weighted by molar-refractivity contribution is 7.99. The molecule has 0 aromatic heterocycles. The summed E-state index contributed by atoms with van der Waals surface area (Å²) in [6.45, 7) is 2.15. The molecule has 0 radical (unpaired) electrons. The van der Waals surface area contributed by atoms with E-state index in [0.717, 1.165) is 11.3 Å². The highest BCUT2D eigenvalue weighted by Gasteiger charge is 2.56. The zero-order valence-electron chi connectivity index (χ0n) is 11.7. The monoisotopic (exact) mass is 313 g/mol. The lowest BCUT2D eigenvalue weighted by molar-refractivity contribution is -0.161. The number of β-lactam (4-membered cyclic amide) rings is 1. The van der Waals surface area contributed by atoms with Crippen LogP contribution in [0.2, 0.25) is 0 Å². The molecule has 0 aromatic carbocycles. The number of nitrogens with zero attached hydrogens (tertiary/aromatic N) is 2. The maximum absolute atomic E-state index is 12.0. The van der Waals surface area contributed by atoms with Gasteiger partial charge in [0.25, 0.3) is 0 Å². The zero-order chi connectivity index (χ0) is 15.6. The van der Waals surface area contributed by atoms with Crippen molar-refractivity contribution in [2.45, 2.75) is 25.5 Å². The van der Waals surface area contributed by atoms with Crippen molar-refractivity contribution in [2.75, 3.05) is 18.1 Å².